The number of carboxylic acid groups (broad SMARTS) is 1. The second-order valence-corrected chi connectivity index (χ2v) is 5.78. The van der Waals surface area contributed by atoms with Crippen molar-refractivity contribution in [2.24, 2.45) is 0 Å². The van der Waals surface area contributed by atoms with E-state index in [4.69, 9.17) is 14.6 Å². The van der Waals surface area contributed by atoms with Crippen LogP contribution in [0.25, 0.3) is 0 Å². The van der Waals surface area contributed by atoms with E-state index < -0.39 is 12.1 Å². The Bertz CT molecular complexity index is 673. The van der Waals surface area contributed by atoms with Gasteiger partial charge in [0.1, 0.15) is 23.9 Å². The highest BCUT2D eigenvalue weighted by atomic mass is 16.5. The zero-order valence-corrected chi connectivity index (χ0v) is 14.6. The summed E-state index contributed by atoms with van der Waals surface area (Å²) in [6, 6.07) is 8.70. The predicted molar refractivity (Wildman–Crippen MR) is 93.8 cm³/mol. The first-order chi connectivity index (χ1) is 12.1. The molecular weight excluding hydrogens is 320 g/mol. The standard InChI is InChI=1S/C19H24N2O4/c1-3-4-5-6-18-20-12-11-15(21-18)13-24-16-7-9-17(10-8-16)25-14(2)19(22)23/h7-12,14H,3-6,13H2,1-2H3,(H,22,23). The highest BCUT2D eigenvalue weighted by molar-refractivity contribution is 5.72. The number of ether oxygens (including phenoxy) is 2. The van der Waals surface area contributed by atoms with Gasteiger partial charge in [0.2, 0.25) is 0 Å². The lowest BCUT2D eigenvalue weighted by Gasteiger charge is -2.11. The number of rotatable bonds is 10. The van der Waals surface area contributed by atoms with Crippen LogP contribution in [0.3, 0.4) is 0 Å². The van der Waals surface area contributed by atoms with Crippen molar-refractivity contribution in [2.75, 3.05) is 0 Å². The van der Waals surface area contributed by atoms with Crippen LogP contribution in [0, 0.1) is 0 Å². The van der Waals surface area contributed by atoms with Crippen molar-refractivity contribution in [3.8, 4) is 11.5 Å². The Kier molecular flexibility index (Phi) is 7.19. The van der Waals surface area contributed by atoms with Gasteiger partial charge in [-0.2, -0.15) is 0 Å². The molecule has 1 heterocycles. The fourth-order valence-electron chi connectivity index (χ4n) is 2.20. The van der Waals surface area contributed by atoms with Crippen molar-refractivity contribution in [2.45, 2.75) is 52.2 Å². The van der Waals surface area contributed by atoms with Gasteiger partial charge >= 0.3 is 5.97 Å². The molecule has 0 fully saturated rings. The Morgan fingerprint density at radius 3 is 2.56 bits per heavy atom. The second kappa shape index (κ2) is 9.61. The van der Waals surface area contributed by atoms with Crippen LogP contribution in [0.5, 0.6) is 11.5 Å². The molecular formula is C19H24N2O4. The van der Waals surface area contributed by atoms with Crippen LogP contribution in [0.1, 0.15) is 44.6 Å². The Hall–Kier alpha value is -2.63. The monoisotopic (exact) mass is 344 g/mol. The molecule has 1 N–H and O–H groups in total. The molecule has 0 spiro atoms. The summed E-state index contributed by atoms with van der Waals surface area (Å²) in [6.45, 7) is 4.01. The van der Waals surface area contributed by atoms with Crippen molar-refractivity contribution in [1.29, 1.82) is 0 Å². The number of nitrogens with zero attached hydrogens (tertiary/aromatic N) is 2. The molecule has 1 aromatic carbocycles. The van der Waals surface area contributed by atoms with E-state index in [1.165, 1.54) is 19.8 Å². The lowest BCUT2D eigenvalue weighted by molar-refractivity contribution is -0.144. The maximum atomic E-state index is 10.8. The van der Waals surface area contributed by atoms with Crippen molar-refractivity contribution >= 4 is 5.97 Å². The number of aryl methyl sites for hydroxylation is 1. The van der Waals surface area contributed by atoms with E-state index >= 15 is 0 Å². The molecule has 1 unspecified atom stereocenters. The third-order valence-electron chi connectivity index (χ3n) is 3.64. The molecule has 0 aliphatic carbocycles. The van der Waals surface area contributed by atoms with Crippen LogP contribution < -0.4 is 9.47 Å². The van der Waals surface area contributed by atoms with Crippen LogP contribution in [0.2, 0.25) is 0 Å². The van der Waals surface area contributed by atoms with Gasteiger partial charge in [0.25, 0.3) is 0 Å². The van der Waals surface area contributed by atoms with Gasteiger partial charge in [-0.15, -0.1) is 0 Å². The summed E-state index contributed by atoms with van der Waals surface area (Å²) in [5, 5.41) is 8.84. The fraction of sp³-hybridized carbons (Fsp3) is 0.421. The summed E-state index contributed by atoms with van der Waals surface area (Å²) in [6.07, 6.45) is 5.20. The number of unbranched alkanes of at least 4 members (excludes halogenated alkanes) is 2. The van der Waals surface area contributed by atoms with E-state index in [-0.39, 0.29) is 0 Å². The summed E-state index contributed by atoms with van der Waals surface area (Å²) < 4.78 is 11.0. The molecule has 0 bridgehead atoms. The maximum Gasteiger partial charge on any atom is 0.344 e. The lowest BCUT2D eigenvalue weighted by Crippen LogP contribution is -2.22. The smallest absolute Gasteiger partial charge is 0.344 e. The third kappa shape index (κ3) is 6.41. The highest BCUT2D eigenvalue weighted by Gasteiger charge is 2.12. The van der Waals surface area contributed by atoms with Crippen molar-refractivity contribution in [3.05, 3.63) is 48.0 Å². The quantitative estimate of drug-likeness (QED) is 0.663. The van der Waals surface area contributed by atoms with Gasteiger partial charge in [-0.1, -0.05) is 19.8 Å². The Morgan fingerprint density at radius 2 is 1.88 bits per heavy atom. The van der Waals surface area contributed by atoms with E-state index in [0.29, 0.717) is 18.1 Å². The third-order valence-corrected chi connectivity index (χ3v) is 3.64. The average Bonchev–Trinajstić information content (AvgIpc) is 2.61. The number of benzene rings is 1. The molecule has 0 amide bonds. The molecule has 0 aliphatic heterocycles. The molecule has 0 saturated heterocycles. The fourth-order valence-corrected chi connectivity index (χ4v) is 2.20. The molecule has 2 aromatic rings. The second-order valence-electron chi connectivity index (χ2n) is 5.78. The summed E-state index contributed by atoms with van der Waals surface area (Å²) in [5.41, 5.74) is 0.835. The van der Waals surface area contributed by atoms with Gasteiger partial charge in [-0.25, -0.2) is 14.8 Å². The molecule has 25 heavy (non-hydrogen) atoms. The number of aromatic nitrogens is 2. The van der Waals surface area contributed by atoms with Gasteiger partial charge in [-0.3, -0.25) is 0 Å². The minimum absolute atomic E-state index is 0.356. The van der Waals surface area contributed by atoms with E-state index in [9.17, 15) is 4.79 Å². The zero-order valence-electron chi connectivity index (χ0n) is 14.6. The molecule has 2 rings (SSSR count). The predicted octanol–water partition coefficient (Wildman–Crippen LogP) is 3.64. The first-order valence-electron chi connectivity index (χ1n) is 8.51. The summed E-state index contributed by atoms with van der Waals surface area (Å²) >= 11 is 0. The summed E-state index contributed by atoms with van der Waals surface area (Å²) in [7, 11) is 0. The van der Waals surface area contributed by atoms with E-state index in [0.717, 1.165) is 24.4 Å². The Balaban J connectivity index is 1.86. The lowest BCUT2D eigenvalue weighted by atomic mass is 10.2. The van der Waals surface area contributed by atoms with Crippen molar-refractivity contribution in [1.82, 2.24) is 9.97 Å². The molecule has 134 valence electrons. The van der Waals surface area contributed by atoms with Crippen molar-refractivity contribution in [3.63, 3.8) is 0 Å². The molecule has 6 heteroatoms. The average molecular weight is 344 g/mol. The summed E-state index contributed by atoms with van der Waals surface area (Å²) in [5.74, 6) is 1.00. The molecule has 1 aromatic heterocycles. The first kappa shape index (κ1) is 18.7. The SMILES string of the molecule is CCCCCc1nccc(COc2ccc(OC(C)C(=O)O)cc2)n1. The van der Waals surface area contributed by atoms with E-state index in [1.54, 1.807) is 30.5 Å². The molecule has 6 nitrogen and oxygen atoms in total. The molecule has 0 aliphatic rings. The van der Waals surface area contributed by atoms with Gasteiger partial charge in [0.05, 0.1) is 5.69 Å². The number of aliphatic carboxylic acids is 1. The Labute approximate surface area is 147 Å². The Morgan fingerprint density at radius 1 is 1.16 bits per heavy atom. The van der Waals surface area contributed by atoms with Crippen LogP contribution in [-0.4, -0.2) is 27.1 Å². The zero-order chi connectivity index (χ0) is 18.1. The number of hydrogen-bond acceptors (Lipinski definition) is 5. The first-order valence-corrected chi connectivity index (χ1v) is 8.51. The molecule has 0 saturated carbocycles. The van der Waals surface area contributed by atoms with Crippen LogP contribution in [0.4, 0.5) is 0 Å². The largest absolute Gasteiger partial charge is 0.487 e. The topological polar surface area (TPSA) is 81.5 Å². The van der Waals surface area contributed by atoms with Crippen LogP contribution in [0.15, 0.2) is 36.5 Å². The van der Waals surface area contributed by atoms with E-state index in [1.807, 2.05) is 6.07 Å². The number of carbonyl (C=O) groups is 1. The van der Waals surface area contributed by atoms with Gasteiger partial charge in [0, 0.05) is 12.6 Å². The van der Waals surface area contributed by atoms with Crippen LogP contribution in [-0.2, 0) is 17.8 Å². The van der Waals surface area contributed by atoms with Crippen LogP contribution >= 0.6 is 0 Å². The minimum atomic E-state index is -1.00. The van der Waals surface area contributed by atoms with E-state index in [2.05, 4.69) is 16.9 Å². The van der Waals surface area contributed by atoms with Gasteiger partial charge in [0.15, 0.2) is 6.10 Å². The molecule has 0 radical (unpaired) electrons. The van der Waals surface area contributed by atoms with Gasteiger partial charge in [-0.05, 0) is 43.7 Å². The van der Waals surface area contributed by atoms with Crippen molar-refractivity contribution < 1.29 is 19.4 Å². The number of carboxylic acids is 1. The highest BCUT2D eigenvalue weighted by Crippen LogP contribution is 2.19. The molecule has 1 atom stereocenters. The van der Waals surface area contributed by atoms with Gasteiger partial charge < -0.3 is 14.6 Å². The minimum Gasteiger partial charge on any atom is -0.487 e. The summed E-state index contributed by atoms with van der Waals surface area (Å²) in [4.78, 5) is 19.6. The number of hydrogen-bond donors (Lipinski definition) is 1. The normalized spacial score (nSPS) is 11.8. The maximum absolute atomic E-state index is 10.8.